The van der Waals surface area contributed by atoms with Gasteiger partial charge in [0.15, 0.2) is 0 Å². The second kappa shape index (κ2) is 10.4. The molecule has 0 bridgehead atoms. The molecule has 7 nitrogen and oxygen atoms in total. The summed E-state index contributed by atoms with van der Waals surface area (Å²) in [5, 5.41) is 11.1. The number of hydrogen-bond donors (Lipinski definition) is 3. The molecule has 0 aliphatic heterocycles. The van der Waals surface area contributed by atoms with Gasteiger partial charge < -0.3 is 20.7 Å². The Morgan fingerprint density at radius 1 is 1.19 bits per heavy atom. The number of carbonyl (C=O) groups excluding carboxylic acids is 1. The van der Waals surface area contributed by atoms with Crippen molar-refractivity contribution in [1.29, 1.82) is 5.41 Å². The molecule has 0 unspecified atom stereocenters. The Morgan fingerprint density at radius 3 is 2.59 bits per heavy atom. The monoisotopic (exact) mass is 431 g/mol. The van der Waals surface area contributed by atoms with E-state index in [1.807, 2.05) is 37.3 Å². The van der Waals surface area contributed by atoms with Crippen molar-refractivity contribution >= 4 is 28.7 Å². The van der Waals surface area contributed by atoms with Crippen LogP contribution in [0.3, 0.4) is 0 Å². The second-order valence-corrected chi connectivity index (χ2v) is 7.40. The van der Waals surface area contributed by atoms with Crippen molar-refractivity contribution < 1.29 is 9.53 Å². The number of hydrogen-bond acceptors (Lipinski definition) is 6. The normalized spacial score (nSPS) is 14.6. The first kappa shape index (κ1) is 22.8. The SMILES string of the molecule is CCN(CCNC(=O)c1ccccc1)c1ccc(N=C2C=C(OC)C(N)=CC2=N)c(C)c1. The number of amides is 1. The molecule has 2 aromatic carbocycles. The van der Waals surface area contributed by atoms with Gasteiger partial charge in [-0.1, -0.05) is 18.2 Å². The van der Waals surface area contributed by atoms with E-state index in [-0.39, 0.29) is 11.6 Å². The molecule has 1 aliphatic rings. The fraction of sp³-hybridized carbons (Fsp3) is 0.240. The van der Waals surface area contributed by atoms with Gasteiger partial charge in [0.05, 0.1) is 29.9 Å². The molecular formula is C25H29N5O2. The molecule has 1 amide bonds. The largest absolute Gasteiger partial charge is 0.495 e. The van der Waals surface area contributed by atoms with Gasteiger partial charge >= 0.3 is 0 Å². The third kappa shape index (κ3) is 5.43. The highest BCUT2D eigenvalue weighted by molar-refractivity contribution is 6.50. The van der Waals surface area contributed by atoms with E-state index in [0.717, 1.165) is 23.5 Å². The summed E-state index contributed by atoms with van der Waals surface area (Å²) in [6.45, 7) is 6.12. The number of anilines is 1. The number of aliphatic imine (C=N–C) groups is 1. The Bertz CT molecular complexity index is 1090. The van der Waals surface area contributed by atoms with Gasteiger partial charge in [-0.15, -0.1) is 0 Å². The maximum absolute atomic E-state index is 12.2. The summed E-state index contributed by atoms with van der Waals surface area (Å²) in [5.41, 5.74) is 10.5. The minimum atomic E-state index is -0.0721. The molecule has 0 fully saturated rings. The van der Waals surface area contributed by atoms with Crippen LogP contribution in [-0.4, -0.2) is 44.1 Å². The topological polar surface area (TPSA) is 104 Å². The second-order valence-electron chi connectivity index (χ2n) is 7.40. The fourth-order valence-electron chi connectivity index (χ4n) is 3.41. The van der Waals surface area contributed by atoms with Crippen LogP contribution in [0.2, 0.25) is 0 Å². The highest BCUT2D eigenvalue weighted by atomic mass is 16.5. The van der Waals surface area contributed by atoms with Crippen LogP contribution in [0, 0.1) is 12.3 Å². The van der Waals surface area contributed by atoms with Gasteiger partial charge in [0.25, 0.3) is 5.91 Å². The molecule has 7 heteroatoms. The number of ether oxygens (including phenoxy) is 1. The molecule has 0 aromatic heterocycles. The number of allylic oxidation sites excluding steroid dienone is 2. The molecule has 0 radical (unpaired) electrons. The predicted octanol–water partition coefficient (Wildman–Crippen LogP) is 3.73. The zero-order valence-electron chi connectivity index (χ0n) is 18.7. The molecule has 0 saturated heterocycles. The molecule has 0 heterocycles. The van der Waals surface area contributed by atoms with Crippen molar-refractivity contribution in [2.24, 2.45) is 10.7 Å². The summed E-state index contributed by atoms with van der Waals surface area (Å²) in [6.07, 6.45) is 3.22. The summed E-state index contributed by atoms with van der Waals surface area (Å²) in [7, 11) is 1.54. The van der Waals surface area contributed by atoms with Crippen molar-refractivity contribution in [3.05, 3.63) is 83.3 Å². The van der Waals surface area contributed by atoms with Crippen molar-refractivity contribution in [2.45, 2.75) is 13.8 Å². The van der Waals surface area contributed by atoms with Crippen molar-refractivity contribution in [1.82, 2.24) is 5.32 Å². The first-order valence-electron chi connectivity index (χ1n) is 10.5. The van der Waals surface area contributed by atoms with E-state index in [2.05, 4.69) is 28.2 Å². The van der Waals surface area contributed by atoms with Crippen LogP contribution in [0.4, 0.5) is 11.4 Å². The lowest BCUT2D eigenvalue weighted by atomic mass is 10.1. The highest BCUT2D eigenvalue weighted by Gasteiger charge is 2.15. The predicted molar refractivity (Wildman–Crippen MR) is 130 cm³/mol. The van der Waals surface area contributed by atoms with Crippen LogP contribution in [-0.2, 0) is 4.74 Å². The van der Waals surface area contributed by atoms with Gasteiger partial charge in [0, 0.05) is 37.0 Å². The van der Waals surface area contributed by atoms with Crippen LogP contribution in [0.15, 0.2) is 77.1 Å². The average molecular weight is 432 g/mol. The summed E-state index contributed by atoms with van der Waals surface area (Å²) >= 11 is 0. The molecule has 32 heavy (non-hydrogen) atoms. The molecular weight excluding hydrogens is 402 g/mol. The summed E-state index contributed by atoms with van der Waals surface area (Å²) in [4.78, 5) is 19.1. The fourth-order valence-corrected chi connectivity index (χ4v) is 3.41. The van der Waals surface area contributed by atoms with Gasteiger partial charge in [-0.2, -0.15) is 0 Å². The number of nitrogens with zero attached hydrogens (tertiary/aromatic N) is 2. The Labute approximate surface area is 188 Å². The number of likely N-dealkylation sites (N-methyl/N-ethyl adjacent to an activating group) is 1. The molecule has 3 rings (SSSR count). The Kier molecular flexibility index (Phi) is 7.44. The Morgan fingerprint density at radius 2 is 1.94 bits per heavy atom. The molecule has 0 atom stereocenters. The van der Waals surface area contributed by atoms with Gasteiger partial charge in [0.1, 0.15) is 5.76 Å². The third-order valence-corrected chi connectivity index (χ3v) is 5.22. The van der Waals surface area contributed by atoms with E-state index in [0.29, 0.717) is 35.8 Å². The van der Waals surface area contributed by atoms with E-state index < -0.39 is 0 Å². The molecule has 1 aliphatic carbocycles. The van der Waals surface area contributed by atoms with Gasteiger partial charge in [0.2, 0.25) is 0 Å². The Hall–Kier alpha value is -3.87. The van der Waals surface area contributed by atoms with Crippen molar-refractivity contribution in [2.75, 3.05) is 31.6 Å². The number of nitrogens with one attached hydrogen (secondary N) is 2. The van der Waals surface area contributed by atoms with E-state index in [1.165, 1.54) is 0 Å². The molecule has 2 aromatic rings. The first-order valence-corrected chi connectivity index (χ1v) is 10.5. The first-order chi connectivity index (χ1) is 15.4. The lowest BCUT2D eigenvalue weighted by Crippen LogP contribution is -2.35. The van der Waals surface area contributed by atoms with E-state index >= 15 is 0 Å². The number of rotatable bonds is 8. The van der Waals surface area contributed by atoms with Crippen molar-refractivity contribution in [3.63, 3.8) is 0 Å². The smallest absolute Gasteiger partial charge is 0.251 e. The maximum Gasteiger partial charge on any atom is 0.251 e. The zero-order chi connectivity index (χ0) is 23.1. The van der Waals surface area contributed by atoms with Gasteiger partial charge in [-0.3, -0.25) is 10.2 Å². The molecule has 4 N–H and O–H groups in total. The standard InChI is InChI=1S/C25H29N5O2/c1-4-30(13-12-28-25(31)18-8-6-5-7-9-18)19-10-11-22(17(2)14-19)29-23-16-24(32-3)21(27)15-20(23)26/h5-11,14-16,26H,4,12-13,27H2,1-3H3,(H,28,31). The van der Waals surface area contributed by atoms with Gasteiger partial charge in [-0.25, -0.2) is 4.99 Å². The van der Waals surface area contributed by atoms with Crippen LogP contribution in [0.25, 0.3) is 0 Å². The van der Waals surface area contributed by atoms with E-state index in [9.17, 15) is 4.79 Å². The highest BCUT2D eigenvalue weighted by Crippen LogP contribution is 2.26. The third-order valence-electron chi connectivity index (χ3n) is 5.22. The number of methoxy groups -OCH3 is 1. The minimum Gasteiger partial charge on any atom is -0.495 e. The minimum absolute atomic E-state index is 0.0721. The summed E-state index contributed by atoms with van der Waals surface area (Å²) in [6, 6.07) is 15.2. The zero-order valence-corrected chi connectivity index (χ0v) is 18.7. The van der Waals surface area contributed by atoms with Crippen LogP contribution in [0.5, 0.6) is 0 Å². The van der Waals surface area contributed by atoms with E-state index in [1.54, 1.807) is 31.4 Å². The summed E-state index contributed by atoms with van der Waals surface area (Å²) in [5.74, 6) is 0.431. The number of nitrogens with two attached hydrogens (primary N) is 1. The van der Waals surface area contributed by atoms with Crippen LogP contribution >= 0.6 is 0 Å². The Balaban J connectivity index is 1.68. The van der Waals surface area contributed by atoms with Crippen LogP contribution < -0.4 is 16.0 Å². The van der Waals surface area contributed by atoms with E-state index in [4.69, 9.17) is 15.9 Å². The molecule has 166 valence electrons. The lowest BCUT2D eigenvalue weighted by Gasteiger charge is -2.24. The molecule has 0 spiro atoms. The summed E-state index contributed by atoms with van der Waals surface area (Å²) < 4.78 is 5.25. The molecule has 0 saturated carbocycles. The van der Waals surface area contributed by atoms with Crippen LogP contribution in [0.1, 0.15) is 22.8 Å². The van der Waals surface area contributed by atoms with Gasteiger partial charge in [-0.05, 0) is 55.8 Å². The maximum atomic E-state index is 12.2. The number of aryl methyl sites for hydroxylation is 1. The number of benzene rings is 2. The van der Waals surface area contributed by atoms with Crippen molar-refractivity contribution in [3.8, 4) is 0 Å². The lowest BCUT2D eigenvalue weighted by molar-refractivity contribution is 0.0954. The average Bonchev–Trinajstić information content (AvgIpc) is 2.80. The number of carbonyl (C=O) groups is 1. The quantitative estimate of drug-likeness (QED) is 0.554.